The van der Waals surface area contributed by atoms with Crippen molar-refractivity contribution in [3.8, 4) is 0 Å². The van der Waals surface area contributed by atoms with Crippen molar-refractivity contribution in [3.05, 3.63) is 18.1 Å². The number of hydrazine groups is 1. The Morgan fingerprint density at radius 1 is 1.41 bits per heavy atom. The molecule has 0 amide bonds. The van der Waals surface area contributed by atoms with E-state index < -0.39 is 0 Å². The van der Waals surface area contributed by atoms with Crippen LogP contribution in [0, 0.1) is 0 Å². The average Bonchev–Trinajstić information content (AvgIpc) is 2.40. The molecule has 4 N–H and O–H groups in total. The van der Waals surface area contributed by atoms with E-state index in [-0.39, 0.29) is 12.6 Å². The first-order valence-electron chi connectivity index (χ1n) is 5.96. The second kappa shape index (κ2) is 5.90. The molecule has 1 atom stereocenters. The third kappa shape index (κ3) is 3.12. The summed E-state index contributed by atoms with van der Waals surface area (Å²) in [5, 5.41) is 9.32. The molecule has 6 heteroatoms. The number of likely N-dealkylation sites (tertiary alicyclic amines) is 1. The fourth-order valence-corrected chi connectivity index (χ4v) is 2.19. The molecule has 1 aromatic heterocycles. The van der Waals surface area contributed by atoms with E-state index in [1.807, 2.05) is 0 Å². The number of nitrogens with two attached hydrogens (primary N) is 1. The van der Waals surface area contributed by atoms with Gasteiger partial charge in [-0.15, -0.1) is 0 Å². The molecule has 2 rings (SSSR count). The number of hydrogen-bond donors (Lipinski definition) is 3. The second-order valence-electron chi connectivity index (χ2n) is 4.34. The quantitative estimate of drug-likeness (QED) is 0.509. The lowest BCUT2D eigenvalue weighted by Gasteiger charge is -2.34. The molecule has 0 aliphatic carbocycles. The summed E-state index contributed by atoms with van der Waals surface area (Å²) in [5.41, 5.74) is 3.36. The van der Waals surface area contributed by atoms with Gasteiger partial charge in [-0.05, 0) is 19.4 Å². The maximum Gasteiger partial charge on any atom is 0.158 e. The summed E-state index contributed by atoms with van der Waals surface area (Å²) in [6.45, 7) is 1.97. The van der Waals surface area contributed by atoms with Crippen LogP contribution in [0.2, 0.25) is 0 Å². The predicted octanol–water partition coefficient (Wildman–Crippen LogP) is 0.109. The van der Waals surface area contributed by atoms with E-state index in [1.165, 1.54) is 12.8 Å². The smallest absolute Gasteiger partial charge is 0.158 e. The van der Waals surface area contributed by atoms with Crippen molar-refractivity contribution < 1.29 is 5.11 Å². The normalized spacial score (nSPS) is 21.4. The molecular formula is C11H19N5O. The molecule has 0 bridgehead atoms. The van der Waals surface area contributed by atoms with Gasteiger partial charge in [-0.3, -0.25) is 9.88 Å². The molecule has 2 heterocycles. The predicted molar refractivity (Wildman–Crippen MR) is 65.0 cm³/mol. The van der Waals surface area contributed by atoms with Crippen LogP contribution in [-0.4, -0.2) is 39.2 Å². The minimum atomic E-state index is 0.218. The summed E-state index contributed by atoms with van der Waals surface area (Å²) < 4.78 is 0. The summed E-state index contributed by atoms with van der Waals surface area (Å²) >= 11 is 0. The Hall–Kier alpha value is -1.24. The molecule has 0 aromatic carbocycles. The van der Waals surface area contributed by atoms with Gasteiger partial charge in [-0.1, -0.05) is 6.42 Å². The standard InChI is InChI=1S/C11H19N5O/c12-15-11-6-13-9(5-14-11)7-16-4-2-1-3-10(16)8-17/h5-6,10,17H,1-4,7-8,12H2,(H,14,15). The highest BCUT2D eigenvalue weighted by Crippen LogP contribution is 2.18. The van der Waals surface area contributed by atoms with Crippen LogP contribution in [0.25, 0.3) is 0 Å². The van der Waals surface area contributed by atoms with Gasteiger partial charge in [0.1, 0.15) is 0 Å². The molecule has 1 fully saturated rings. The number of nitrogens with one attached hydrogen (secondary N) is 1. The molecule has 0 radical (unpaired) electrons. The van der Waals surface area contributed by atoms with Crippen molar-refractivity contribution in [3.63, 3.8) is 0 Å². The number of anilines is 1. The minimum absolute atomic E-state index is 0.218. The van der Waals surface area contributed by atoms with Crippen LogP contribution in [0.3, 0.4) is 0 Å². The van der Waals surface area contributed by atoms with E-state index >= 15 is 0 Å². The summed E-state index contributed by atoms with van der Waals surface area (Å²) in [7, 11) is 0. The second-order valence-corrected chi connectivity index (χ2v) is 4.34. The minimum Gasteiger partial charge on any atom is -0.395 e. The fourth-order valence-electron chi connectivity index (χ4n) is 2.19. The van der Waals surface area contributed by atoms with Crippen LogP contribution in [-0.2, 0) is 6.54 Å². The number of hydrogen-bond acceptors (Lipinski definition) is 6. The molecule has 94 valence electrons. The molecule has 0 spiro atoms. The number of aliphatic hydroxyl groups excluding tert-OH is 1. The van der Waals surface area contributed by atoms with Crippen molar-refractivity contribution in [2.24, 2.45) is 5.84 Å². The number of rotatable bonds is 4. The molecule has 1 aliphatic heterocycles. The summed E-state index contributed by atoms with van der Waals surface area (Å²) in [6, 6.07) is 0.262. The molecule has 17 heavy (non-hydrogen) atoms. The zero-order valence-electron chi connectivity index (χ0n) is 9.84. The highest BCUT2D eigenvalue weighted by molar-refractivity contribution is 5.28. The Morgan fingerprint density at radius 2 is 2.29 bits per heavy atom. The topological polar surface area (TPSA) is 87.3 Å². The van der Waals surface area contributed by atoms with E-state index in [0.717, 1.165) is 25.2 Å². The molecular weight excluding hydrogens is 218 g/mol. The van der Waals surface area contributed by atoms with Crippen LogP contribution >= 0.6 is 0 Å². The zero-order valence-corrected chi connectivity index (χ0v) is 9.84. The fraction of sp³-hybridized carbons (Fsp3) is 0.636. The van der Waals surface area contributed by atoms with Crippen molar-refractivity contribution in [1.29, 1.82) is 0 Å². The maximum atomic E-state index is 9.32. The van der Waals surface area contributed by atoms with Crippen LogP contribution < -0.4 is 11.3 Å². The largest absolute Gasteiger partial charge is 0.395 e. The van der Waals surface area contributed by atoms with E-state index in [9.17, 15) is 5.11 Å². The average molecular weight is 237 g/mol. The van der Waals surface area contributed by atoms with Crippen molar-refractivity contribution in [1.82, 2.24) is 14.9 Å². The van der Waals surface area contributed by atoms with Crippen LogP contribution in [0.1, 0.15) is 25.0 Å². The number of aromatic nitrogens is 2. The van der Waals surface area contributed by atoms with E-state index in [2.05, 4.69) is 20.3 Å². The zero-order chi connectivity index (χ0) is 12.1. The summed E-state index contributed by atoms with van der Waals surface area (Å²) in [4.78, 5) is 10.7. The number of piperidine rings is 1. The van der Waals surface area contributed by atoms with Gasteiger partial charge in [0.05, 0.1) is 24.7 Å². The third-order valence-corrected chi connectivity index (χ3v) is 3.18. The molecule has 1 saturated heterocycles. The molecule has 1 aromatic rings. The van der Waals surface area contributed by atoms with E-state index in [0.29, 0.717) is 5.82 Å². The maximum absolute atomic E-state index is 9.32. The van der Waals surface area contributed by atoms with Crippen LogP contribution in [0.15, 0.2) is 12.4 Å². The SMILES string of the molecule is NNc1cnc(CN2CCCCC2CO)cn1. The molecule has 1 unspecified atom stereocenters. The molecule has 1 aliphatic rings. The highest BCUT2D eigenvalue weighted by atomic mass is 16.3. The Kier molecular flexibility index (Phi) is 4.24. The van der Waals surface area contributed by atoms with Crippen molar-refractivity contribution in [2.75, 3.05) is 18.6 Å². The van der Waals surface area contributed by atoms with Gasteiger partial charge in [0.2, 0.25) is 0 Å². The van der Waals surface area contributed by atoms with Gasteiger partial charge in [-0.25, -0.2) is 10.8 Å². The number of nitrogen functional groups attached to an aromatic ring is 1. The lowest BCUT2D eigenvalue weighted by molar-refractivity contribution is 0.0830. The first kappa shape index (κ1) is 12.2. The van der Waals surface area contributed by atoms with E-state index in [4.69, 9.17) is 5.84 Å². The van der Waals surface area contributed by atoms with Gasteiger partial charge in [0.25, 0.3) is 0 Å². The van der Waals surface area contributed by atoms with Gasteiger partial charge in [0, 0.05) is 12.6 Å². The van der Waals surface area contributed by atoms with E-state index in [1.54, 1.807) is 12.4 Å². The van der Waals surface area contributed by atoms with Gasteiger partial charge in [0.15, 0.2) is 5.82 Å². The monoisotopic (exact) mass is 237 g/mol. The molecule has 6 nitrogen and oxygen atoms in total. The number of nitrogens with zero attached hydrogens (tertiary/aromatic N) is 3. The first-order chi connectivity index (χ1) is 8.33. The Balaban J connectivity index is 1.98. The van der Waals surface area contributed by atoms with Crippen LogP contribution in [0.4, 0.5) is 5.82 Å². The van der Waals surface area contributed by atoms with Crippen LogP contribution in [0.5, 0.6) is 0 Å². The van der Waals surface area contributed by atoms with Crippen molar-refractivity contribution >= 4 is 5.82 Å². The lowest BCUT2D eigenvalue weighted by Crippen LogP contribution is -2.41. The Morgan fingerprint density at radius 3 is 2.94 bits per heavy atom. The first-order valence-corrected chi connectivity index (χ1v) is 5.96. The molecule has 0 saturated carbocycles. The highest BCUT2D eigenvalue weighted by Gasteiger charge is 2.21. The summed E-state index contributed by atoms with van der Waals surface area (Å²) in [6.07, 6.45) is 6.79. The Labute approximate surface area is 101 Å². The van der Waals surface area contributed by atoms with Crippen molar-refractivity contribution in [2.45, 2.75) is 31.8 Å². The van der Waals surface area contributed by atoms with Gasteiger partial charge in [-0.2, -0.15) is 0 Å². The number of aliphatic hydroxyl groups is 1. The third-order valence-electron chi connectivity index (χ3n) is 3.18. The Bertz CT molecular complexity index is 342. The summed E-state index contributed by atoms with van der Waals surface area (Å²) in [5.74, 6) is 5.79. The van der Waals surface area contributed by atoms with Gasteiger partial charge >= 0.3 is 0 Å². The van der Waals surface area contributed by atoms with Gasteiger partial charge < -0.3 is 10.5 Å². The lowest BCUT2D eigenvalue weighted by atomic mass is 10.0.